The summed E-state index contributed by atoms with van der Waals surface area (Å²) in [6.07, 6.45) is 0. The first-order valence-electron chi connectivity index (χ1n) is 29.2. The van der Waals surface area contributed by atoms with Crippen molar-refractivity contribution >= 4 is 131 Å². The molecule has 394 valence electrons. The smallest absolute Gasteiger partial charge is 0.136 e. The molecule has 14 aromatic carbocycles. The van der Waals surface area contributed by atoms with Crippen molar-refractivity contribution < 1.29 is 4.42 Å². The van der Waals surface area contributed by atoms with Gasteiger partial charge in [0.15, 0.2) is 0 Å². The largest absolute Gasteiger partial charge is 0.456 e. The Morgan fingerprint density at radius 1 is 0.188 bits per heavy atom. The van der Waals surface area contributed by atoms with Crippen LogP contribution in [0.3, 0.4) is 0 Å². The molecule has 0 spiro atoms. The van der Waals surface area contributed by atoms with Crippen LogP contribution >= 0.6 is 0 Å². The predicted molar refractivity (Wildman–Crippen MR) is 357 cm³/mol. The molecule has 0 atom stereocenters. The Bertz CT molecular complexity index is 5630. The molecule has 0 aliphatic heterocycles. The summed E-state index contributed by atoms with van der Waals surface area (Å²) in [5, 5.41) is 16.5. The van der Waals surface area contributed by atoms with Crippen molar-refractivity contribution in [1.29, 1.82) is 0 Å². The van der Waals surface area contributed by atoms with Gasteiger partial charge in [-0.05, 0) is 177 Å². The van der Waals surface area contributed by atoms with Crippen molar-refractivity contribution in [3.8, 4) is 45.0 Å². The highest BCUT2D eigenvalue weighted by molar-refractivity contribution is 6.33. The summed E-state index contributed by atoms with van der Waals surface area (Å²) in [6.45, 7) is 0. The summed E-state index contributed by atoms with van der Waals surface area (Å²) < 4.78 is 17.2. The van der Waals surface area contributed by atoms with E-state index in [0.717, 1.165) is 99.5 Å². The van der Waals surface area contributed by atoms with Crippen LogP contribution in [-0.2, 0) is 0 Å². The topological polar surface area (TPSA) is 32.9 Å². The van der Waals surface area contributed by atoms with Crippen LogP contribution in [0.15, 0.2) is 296 Å². The molecule has 0 saturated heterocycles. The van der Waals surface area contributed by atoms with E-state index >= 15 is 0 Å². The van der Waals surface area contributed by atoms with E-state index in [1.165, 1.54) is 76.2 Å². The predicted octanol–water partition coefficient (Wildman–Crippen LogP) is 21.6. The van der Waals surface area contributed by atoms with Gasteiger partial charge in [-0.15, -0.1) is 0 Å². The maximum absolute atomic E-state index is 7.56. The zero-order valence-electron chi connectivity index (χ0n) is 45.9. The number of nitrogens with zero attached hydrogens (tertiary/aromatic N) is 4. The van der Waals surface area contributed by atoms with Gasteiger partial charge in [-0.1, -0.05) is 158 Å². The number of rotatable bonds is 6. The van der Waals surface area contributed by atoms with Crippen molar-refractivity contribution in [3.63, 3.8) is 0 Å². The summed E-state index contributed by atoms with van der Waals surface area (Å²) in [4.78, 5) is 0. The lowest BCUT2D eigenvalue weighted by Gasteiger charge is -2.14. The molecule has 0 bridgehead atoms. The number of hydrogen-bond donors (Lipinski definition) is 0. The Morgan fingerprint density at radius 3 is 0.812 bits per heavy atom. The van der Waals surface area contributed by atoms with Gasteiger partial charge < -0.3 is 22.7 Å². The Hall–Kier alpha value is -11.4. The first-order chi connectivity index (χ1) is 42.2. The maximum Gasteiger partial charge on any atom is 0.136 e. The lowest BCUT2D eigenvalue weighted by Crippen LogP contribution is -1.94. The molecule has 0 aliphatic rings. The second-order valence-electron chi connectivity index (χ2n) is 22.7. The number of aromatic nitrogens is 4. The fourth-order valence-electron chi connectivity index (χ4n) is 14.7. The second kappa shape index (κ2) is 17.6. The zero-order chi connectivity index (χ0) is 55.4. The van der Waals surface area contributed by atoms with Crippen molar-refractivity contribution in [2.75, 3.05) is 0 Å². The Morgan fingerprint density at radius 2 is 0.471 bits per heavy atom. The quantitative estimate of drug-likeness (QED) is 0.163. The van der Waals surface area contributed by atoms with E-state index in [9.17, 15) is 0 Å². The molecule has 0 N–H and O–H groups in total. The molecule has 5 nitrogen and oxygen atoms in total. The van der Waals surface area contributed by atoms with E-state index in [4.69, 9.17) is 4.42 Å². The van der Waals surface area contributed by atoms with Gasteiger partial charge >= 0.3 is 0 Å². The SMILES string of the molecule is c1ccc(-n2c3ccccc3c3cc(-c4cc5oc6cc(-c7ccc8c(c7)c7ccccc7n8-c7ccccc7)c7cc8c(cc7c6c5c5cc6c7ccccc7n(-c7ccccc7)c6cc45)c4ccccc4n8-c4ccccc4)ccc32)cc1. The molecule has 19 rings (SSSR count). The van der Waals surface area contributed by atoms with Crippen LogP contribution in [0.25, 0.3) is 176 Å². The van der Waals surface area contributed by atoms with Gasteiger partial charge in [0.05, 0.1) is 44.1 Å². The van der Waals surface area contributed by atoms with E-state index in [2.05, 4.69) is 309 Å². The minimum absolute atomic E-state index is 0.849. The van der Waals surface area contributed by atoms with Gasteiger partial charge in [0.2, 0.25) is 0 Å². The molecule has 0 fully saturated rings. The average molecular weight is 1080 g/mol. The monoisotopic (exact) mass is 1080 g/mol. The fraction of sp³-hybridized carbons (Fsp3) is 0. The Labute approximate surface area is 486 Å². The molecule has 19 aromatic rings. The third-order valence-electron chi connectivity index (χ3n) is 18.3. The standard InChI is InChI=1S/C80H48N4O/c1-5-21-51(22-6-1)81-69-33-17-13-29-55(69)63-41-49(37-39-73(63)81)59-47-77-79(67-43-65-57-31-15-19-35-71(57)83(75(65)45-61(59)67)53-25-9-3-10-26-53)80-68-44-66-58-32-16-20-36-72(58)84(54-27-11-4-12-28-54)76(66)46-62(68)60(48-78(80)85-77)50-38-40-74-64(42-50)56-30-14-18-34-70(56)82(74)52-23-7-2-8-24-52/h1-48H. The molecule has 5 aromatic heterocycles. The summed E-state index contributed by atoms with van der Waals surface area (Å²) in [5.74, 6) is 0. The number of para-hydroxylation sites is 8. The minimum atomic E-state index is 0.849. The van der Waals surface area contributed by atoms with E-state index < -0.39 is 0 Å². The minimum Gasteiger partial charge on any atom is -0.456 e. The first-order valence-corrected chi connectivity index (χ1v) is 29.2. The van der Waals surface area contributed by atoms with Crippen LogP contribution in [0, 0.1) is 0 Å². The molecule has 0 radical (unpaired) electrons. The number of furan rings is 1. The summed E-state index contributed by atoms with van der Waals surface area (Å²) in [6, 6.07) is 107. The summed E-state index contributed by atoms with van der Waals surface area (Å²) in [7, 11) is 0. The van der Waals surface area contributed by atoms with Crippen LogP contribution in [0.2, 0.25) is 0 Å². The highest BCUT2D eigenvalue weighted by Crippen LogP contribution is 2.50. The third kappa shape index (κ3) is 6.57. The Balaban J connectivity index is 0.963. The molecule has 0 saturated carbocycles. The van der Waals surface area contributed by atoms with E-state index in [-0.39, 0.29) is 0 Å². The molecule has 85 heavy (non-hydrogen) atoms. The second-order valence-corrected chi connectivity index (χ2v) is 22.7. The Kier molecular flexibility index (Phi) is 9.55. The normalized spacial score (nSPS) is 12.2. The van der Waals surface area contributed by atoms with Gasteiger partial charge in [-0.2, -0.15) is 0 Å². The van der Waals surface area contributed by atoms with Gasteiger partial charge in [0.25, 0.3) is 0 Å². The highest BCUT2D eigenvalue weighted by atomic mass is 16.3. The van der Waals surface area contributed by atoms with Crippen LogP contribution < -0.4 is 0 Å². The van der Waals surface area contributed by atoms with E-state index in [1.54, 1.807) is 0 Å². The van der Waals surface area contributed by atoms with Crippen LogP contribution in [0.4, 0.5) is 0 Å². The number of hydrogen-bond acceptors (Lipinski definition) is 1. The molecule has 0 unspecified atom stereocenters. The molecule has 5 heteroatoms. The molecular formula is C80H48N4O. The molecule has 0 amide bonds. The average Bonchev–Trinajstić information content (AvgIpc) is 2.03. The van der Waals surface area contributed by atoms with Gasteiger partial charge in [0.1, 0.15) is 11.2 Å². The highest BCUT2D eigenvalue weighted by Gasteiger charge is 2.25. The van der Waals surface area contributed by atoms with E-state index in [0.29, 0.717) is 0 Å². The summed E-state index contributed by atoms with van der Waals surface area (Å²) >= 11 is 0. The lowest BCUT2D eigenvalue weighted by atomic mass is 9.90. The van der Waals surface area contributed by atoms with Crippen molar-refractivity contribution in [3.05, 3.63) is 291 Å². The van der Waals surface area contributed by atoms with Crippen LogP contribution in [0.1, 0.15) is 0 Å². The van der Waals surface area contributed by atoms with E-state index in [1.807, 2.05) is 0 Å². The molecule has 0 aliphatic carbocycles. The van der Waals surface area contributed by atoms with Crippen LogP contribution in [-0.4, -0.2) is 18.3 Å². The van der Waals surface area contributed by atoms with Crippen molar-refractivity contribution in [1.82, 2.24) is 18.3 Å². The number of fused-ring (bicyclic) bond motifs is 19. The summed E-state index contributed by atoms with van der Waals surface area (Å²) in [5.41, 5.74) is 20.0. The van der Waals surface area contributed by atoms with Gasteiger partial charge in [0, 0.05) is 76.6 Å². The third-order valence-corrected chi connectivity index (χ3v) is 18.3. The maximum atomic E-state index is 7.56. The molecular weight excluding hydrogens is 1030 g/mol. The van der Waals surface area contributed by atoms with Crippen molar-refractivity contribution in [2.24, 2.45) is 0 Å². The van der Waals surface area contributed by atoms with Gasteiger partial charge in [-0.3, -0.25) is 0 Å². The fourth-order valence-corrected chi connectivity index (χ4v) is 14.7. The van der Waals surface area contributed by atoms with Crippen molar-refractivity contribution in [2.45, 2.75) is 0 Å². The molecule has 5 heterocycles. The van der Waals surface area contributed by atoms with Crippen LogP contribution in [0.5, 0.6) is 0 Å². The lowest BCUT2D eigenvalue weighted by molar-refractivity contribution is 0.670. The first kappa shape index (κ1) is 46.2. The number of benzene rings is 14. The van der Waals surface area contributed by atoms with Gasteiger partial charge in [-0.25, -0.2) is 0 Å². The zero-order valence-corrected chi connectivity index (χ0v) is 45.9.